The van der Waals surface area contributed by atoms with Crippen molar-refractivity contribution in [3.05, 3.63) is 59.7 Å². The largest absolute Gasteiger partial charge is 0.489 e. The highest BCUT2D eigenvalue weighted by molar-refractivity contribution is 5.89. The first-order valence-electron chi connectivity index (χ1n) is 8.32. The van der Waals surface area contributed by atoms with Crippen LogP contribution in [0.3, 0.4) is 0 Å². The van der Waals surface area contributed by atoms with Crippen molar-refractivity contribution >= 4 is 11.7 Å². The Morgan fingerprint density at radius 1 is 1.20 bits per heavy atom. The van der Waals surface area contributed by atoms with E-state index < -0.39 is 0 Å². The zero-order valence-corrected chi connectivity index (χ0v) is 14.7. The molecular formula is C20H23N3O2. The molecule has 0 saturated heterocycles. The number of anilines is 1. The van der Waals surface area contributed by atoms with E-state index in [2.05, 4.69) is 11.4 Å². The van der Waals surface area contributed by atoms with Crippen molar-refractivity contribution in [1.29, 1.82) is 5.26 Å². The second-order valence-corrected chi connectivity index (χ2v) is 5.82. The van der Waals surface area contributed by atoms with Crippen LogP contribution in [0, 0.1) is 11.3 Å². The lowest BCUT2D eigenvalue weighted by atomic mass is 10.1. The number of nitrogens with zero attached hydrogens (tertiary/aromatic N) is 2. The molecule has 0 aromatic heterocycles. The highest BCUT2D eigenvalue weighted by atomic mass is 16.5. The summed E-state index contributed by atoms with van der Waals surface area (Å²) in [6.45, 7) is 3.16. The Bertz CT molecular complexity index is 735. The highest BCUT2D eigenvalue weighted by Gasteiger charge is 2.07. The Labute approximate surface area is 148 Å². The number of nitrogens with one attached hydrogen (secondary N) is 1. The normalized spacial score (nSPS) is 9.96. The lowest BCUT2D eigenvalue weighted by Gasteiger charge is -2.17. The van der Waals surface area contributed by atoms with E-state index in [1.54, 1.807) is 11.9 Å². The second-order valence-electron chi connectivity index (χ2n) is 5.82. The Kier molecular flexibility index (Phi) is 6.85. The van der Waals surface area contributed by atoms with Gasteiger partial charge in [-0.2, -0.15) is 5.26 Å². The van der Waals surface area contributed by atoms with Gasteiger partial charge >= 0.3 is 6.03 Å². The molecule has 2 amide bonds. The minimum absolute atomic E-state index is 0.118. The van der Waals surface area contributed by atoms with Gasteiger partial charge in [-0.05, 0) is 41.8 Å². The van der Waals surface area contributed by atoms with Crippen LogP contribution in [0.5, 0.6) is 5.75 Å². The van der Waals surface area contributed by atoms with Crippen molar-refractivity contribution in [3.8, 4) is 11.8 Å². The van der Waals surface area contributed by atoms with Gasteiger partial charge in [0.25, 0.3) is 0 Å². The molecule has 0 atom stereocenters. The summed E-state index contributed by atoms with van der Waals surface area (Å²) in [6.07, 6.45) is 1.32. The van der Waals surface area contributed by atoms with E-state index in [1.807, 2.05) is 55.5 Å². The molecule has 1 N–H and O–H groups in total. The first-order chi connectivity index (χ1) is 12.1. The van der Waals surface area contributed by atoms with E-state index in [-0.39, 0.29) is 6.03 Å². The van der Waals surface area contributed by atoms with Gasteiger partial charge in [0.1, 0.15) is 12.4 Å². The fourth-order valence-corrected chi connectivity index (χ4v) is 2.36. The van der Waals surface area contributed by atoms with Gasteiger partial charge in [-0.25, -0.2) is 4.79 Å². The molecule has 0 saturated carbocycles. The summed E-state index contributed by atoms with van der Waals surface area (Å²) in [6, 6.07) is 17.1. The zero-order valence-electron chi connectivity index (χ0n) is 14.7. The number of hydrogen-bond acceptors (Lipinski definition) is 3. The fraction of sp³-hybridized carbons (Fsp3) is 0.300. The highest BCUT2D eigenvalue weighted by Crippen LogP contribution is 2.17. The molecule has 5 heteroatoms. The molecule has 0 bridgehead atoms. The molecule has 2 rings (SSSR count). The summed E-state index contributed by atoms with van der Waals surface area (Å²) < 4.78 is 5.77. The number of rotatable bonds is 7. The molecule has 0 radical (unpaired) electrons. The SMILES string of the molecule is CCCN(C)C(=O)Nc1cccc(COc2ccc(CC#N)cc2)c1. The standard InChI is InChI=1S/C20H23N3O2/c1-3-13-23(2)20(24)22-18-6-4-5-17(14-18)15-25-19-9-7-16(8-10-19)11-12-21/h4-10,14H,3,11,13,15H2,1-2H3,(H,22,24). The molecule has 0 aliphatic heterocycles. The summed E-state index contributed by atoms with van der Waals surface area (Å²) >= 11 is 0. The van der Waals surface area contributed by atoms with E-state index in [9.17, 15) is 4.79 Å². The van der Waals surface area contributed by atoms with Gasteiger partial charge in [-0.1, -0.05) is 31.2 Å². The number of urea groups is 1. The van der Waals surface area contributed by atoms with Crippen LogP contribution in [0.2, 0.25) is 0 Å². The average Bonchev–Trinajstić information content (AvgIpc) is 2.62. The summed E-state index contributed by atoms with van der Waals surface area (Å²) in [5.41, 5.74) is 2.69. The van der Waals surface area contributed by atoms with Gasteiger partial charge in [0.2, 0.25) is 0 Å². The van der Waals surface area contributed by atoms with Crippen LogP contribution >= 0.6 is 0 Å². The number of carbonyl (C=O) groups excluding carboxylic acids is 1. The number of ether oxygens (including phenoxy) is 1. The summed E-state index contributed by atoms with van der Waals surface area (Å²) in [5, 5.41) is 11.6. The maximum atomic E-state index is 12.0. The first-order valence-corrected chi connectivity index (χ1v) is 8.32. The van der Waals surface area contributed by atoms with Crippen LogP contribution in [-0.2, 0) is 13.0 Å². The maximum Gasteiger partial charge on any atom is 0.321 e. The van der Waals surface area contributed by atoms with Crippen LogP contribution in [0.25, 0.3) is 0 Å². The zero-order chi connectivity index (χ0) is 18.1. The number of carbonyl (C=O) groups is 1. The fourth-order valence-electron chi connectivity index (χ4n) is 2.36. The van der Waals surface area contributed by atoms with Crippen molar-refractivity contribution in [2.75, 3.05) is 18.9 Å². The summed E-state index contributed by atoms with van der Waals surface area (Å²) in [5.74, 6) is 0.749. The summed E-state index contributed by atoms with van der Waals surface area (Å²) in [7, 11) is 1.78. The van der Waals surface area contributed by atoms with Gasteiger partial charge < -0.3 is 15.0 Å². The second kappa shape index (κ2) is 9.33. The van der Waals surface area contributed by atoms with Gasteiger partial charge in [0, 0.05) is 19.3 Å². The predicted molar refractivity (Wildman–Crippen MR) is 98.5 cm³/mol. The van der Waals surface area contributed by atoms with Crippen molar-refractivity contribution in [2.45, 2.75) is 26.4 Å². The van der Waals surface area contributed by atoms with E-state index in [0.717, 1.165) is 35.5 Å². The van der Waals surface area contributed by atoms with Crippen molar-refractivity contribution in [2.24, 2.45) is 0 Å². The van der Waals surface area contributed by atoms with E-state index in [4.69, 9.17) is 10.00 Å². The minimum atomic E-state index is -0.118. The van der Waals surface area contributed by atoms with Crippen LogP contribution in [0.15, 0.2) is 48.5 Å². The van der Waals surface area contributed by atoms with Gasteiger partial charge in [0.15, 0.2) is 0 Å². The molecule has 0 spiro atoms. The molecule has 5 nitrogen and oxygen atoms in total. The Hall–Kier alpha value is -3.00. The Morgan fingerprint density at radius 2 is 1.96 bits per heavy atom. The van der Waals surface area contributed by atoms with Crippen molar-refractivity contribution in [1.82, 2.24) is 4.90 Å². The Morgan fingerprint density at radius 3 is 2.64 bits per heavy atom. The molecule has 25 heavy (non-hydrogen) atoms. The smallest absolute Gasteiger partial charge is 0.321 e. The van der Waals surface area contributed by atoms with Gasteiger partial charge in [-0.15, -0.1) is 0 Å². The first kappa shape index (κ1) is 18.3. The number of hydrogen-bond donors (Lipinski definition) is 1. The van der Waals surface area contributed by atoms with Crippen molar-refractivity contribution in [3.63, 3.8) is 0 Å². The average molecular weight is 337 g/mol. The van der Waals surface area contributed by atoms with E-state index in [1.165, 1.54) is 0 Å². The van der Waals surface area contributed by atoms with Crippen LogP contribution < -0.4 is 10.1 Å². The van der Waals surface area contributed by atoms with Gasteiger partial charge in [0.05, 0.1) is 12.5 Å². The molecule has 0 aliphatic carbocycles. The monoisotopic (exact) mass is 337 g/mol. The minimum Gasteiger partial charge on any atom is -0.489 e. The third-order valence-corrected chi connectivity index (χ3v) is 3.70. The van der Waals surface area contributed by atoms with Crippen LogP contribution in [0.1, 0.15) is 24.5 Å². The molecule has 2 aromatic rings. The molecule has 130 valence electrons. The molecule has 0 heterocycles. The third kappa shape index (κ3) is 5.85. The van der Waals surface area contributed by atoms with E-state index in [0.29, 0.717) is 13.0 Å². The lowest BCUT2D eigenvalue weighted by Crippen LogP contribution is -2.31. The molecule has 2 aromatic carbocycles. The number of benzene rings is 2. The van der Waals surface area contributed by atoms with Crippen LogP contribution in [0.4, 0.5) is 10.5 Å². The molecule has 0 unspecified atom stereocenters. The van der Waals surface area contributed by atoms with Crippen LogP contribution in [-0.4, -0.2) is 24.5 Å². The molecule has 0 fully saturated rings. The lowest BCUT2D eigenvalue weighted by molar-refractivity contribution is 0.222. The number of amides is 2. The molecule has 0 aliphatic rings. The summed E-state index contributed by atoms with van der Waals surface area (Å²) in [4.78, 5) is 13.7. The number of nitriles is 1. The topological polar surface area (TPSA) is 65.4 Å². The van der Waals surface area contributed by atoms with Gasteiger partial charge in [-0.3, -0.25) is 0 Å². The molecular weight excluding hydrogens is 314 g/mol. The third-order valence-electron chi connectivity index (χ3n) is 3.70. The predicted octanol–water partition coefficient (Wildman–Crippen LogP) is 4.21. The van der Waals surface area contributed by atoms with E-state index >= 15 is 0 Å². The Balaban J connectivity index is 1.92. The quantitative estimate of drug-likeness (QED) is 0.823. The van der Waals surface area contributed by atoms with Crippen molar-refractivity contribution < 1.29 is 9.53 Å². The maximum absolute atomic E-state index is 12.0.